The quantitative estimate of drug-likeness (QED) is 0.241. The number of hydrogen-bond acceptors (Lipinski definition) is 7. The van der Waals surface area contributed by atoms with Crippen LogP contribution in [0.1, 0.15) is 56.6 Å². The van der Waals surface area contributed by atoms with Crippen LogP contribution in [0.5, 0.6) is 0 Å². The fourth-order valence-electron chi connectivity index (χ4n) is 6.30. The molecule has 8 heteroatoms. The van der Waals surface area contributed by atoms with Gasteiger partial charge in [-0.3, -0.25) is 4.90 Å². The third-order valence-corrected chi connectivity index (χ3v) is 8.47. The van der Waals surface area contributed by atoms with E-state index in [2.05, 4.69) is 67.5 Å². The first-order valence-corrected chi connectivity index (χ1v) is 14.7. The Morgan fingerprint density at radius 3 is 2.42 bits per heavy atom. The standard InChI is InChI=1S/C32H36N8/c1-3-9-23(10-4-1)21-39-19-16-25(17-20-39)35-30-28-31(40(22-34-28)26-12-5-2-6-13-26)38-32(37-30)36-29-27-14-8-7-11-24(27)15-18-33-29/h1,3-4,7-11,14-15,18,22,25-26H,2,5-6,12-13,16-17,19-21H2,(H2,33,35,36,37,38). The number of aromatic nitrogens is 5. The van der Waals surface area contributed by atoms with Gasteiger partial charge in [0.25, 0.3) is 0 Å². The van der Waals surface area contributed by atoms with Crippen molar-refractivity contribution < 1.29 is 0 Å². The summed E-state index contributed by atoms with van der Waals surface area (Å²) >= 11 is 0. The van der Waals surface area contributed by atoms with Gasteiger partial charge >= 0.3 is 0 Å². The molecule has 1 saturated heterocycles. The molecular weight excluding hydrogens is 496 g/mol. The number of rotatable bonds is 7. The summed E-state index contributed by atoms with van der Waals surface area (Å²) in [5, 5.41) is 9.41. The lowest BCUT2D eigenvalue weighted by Crippen LogP contribution is -2.38. The Bertz CT molecular complexity index is 1580. The van der Waals surface area contributed by atoms with Crippen molar-refractivity contribution in [3.05, 3.63) is 78.8 Å². The zero-order chi connectivity index (χ0) is 26.7. The SMILES string of the molecule is c1ccc(CN2CCC(Nc3nc(Nc4nccc5ccccc45)nc4c3ncn4C3CCCCC3)CC2)cc1. The lowest BCUT2D eigenvalue weighted by Gasteiger charge is -2.32. The van der Waals surface area contributed by atoms with Gasteiger partial charge in [0, 0.05) is 43.3 Å². The fraction of sp³-hybridized carbons (Fsp3) is 0.375. The zero-order valence-electron chi connectivity index (χ0n) is 22.8. The highest BCUT2D eigenvalue weighted by Crippen LogP contribution is 2.33. The van der Waals surface area contributed by atoms with Crippen molar-refractivity contribution in [1.29, 1.82) is 0 Å². The summed E-state index contributed by atoms with van der Waals surface area (Å²) in [6.45, 7) is 3.12. The van der Waals surface area contributed by atoms with E-state index in [-0.39, 0.29) is 0 Å². The molecule has 2 fully saturated rings. The average Bonchev–Trinajstić information content (AvgIpc) is 3.44. The van der Waals surface area contributed by atoms with E-state index in [1.54, 1.807) is 0 Å². The fourth-order valence-corrected chi connectivity index (χ4v) is 6.30. The summed E-state index contributed by atoms with van der Waals surface area (Å²) in [7, 11) is 0. The van der Waals surface area contributed by atoms with Gasteiger partial charge in [0.05, 0.1) is 6.33 Å². The van der Waals surface area contributed by atoms with Crippen LogP contribution in [0.3, 0.4) is 0 Å². The Balaban J connectivity index is 1.17. The molecule has 204 valence electrons. The van der Waals surface area contributed by atoms with Crippen molar-refractivity contribution >= 4 is 39.5 Å². The predicted molar refractivity (Wildman–Crippen MR) is 161 cm³/mol. The second-order valence-electron chi connectivity index (χ2n) is 11.2. The molecule has 1 saturated carbocycles. The molecule has 7 rings (SSSR count). The van der Waals surface area contributed by atoms with E-state index in [1.807, 2.05) is 30.7 Å². The maximum absolute atomic E-state index is 5.02. The molecule has 2 N–H and O–H groups in total. The Hall–Kier alpha value is -4.04. The van der Waals surface area contributed by atoms with Crippen LogP contribution < -0.4 is 10.6 Å². The molecule has 0 spiro atoms. The minimum atomic E-state index is 0.341. The van der Waals surface area contributed by atoms with Gasteiger partial charge in [0.2, 0.25) is 5.95 Å². The molecule has 40 heavy (non-hydrogen) atoms. The van der Waals surface area contributed by atoms with E-state index in [9.17, 15) is 0 Å². The molecule has 1 aliphatic carbocycles. The van der Waals surface area contributed by atoms with E-state index >= 15 is 0 Å². The van der Waals surface area contributed by atoms with Crippen LogP contribution in [0.15, 0.2) is 73.2 Å². The third kappa shape index (κ3) is 5.23. The van der Waals surface area contributed by atoms with Gasteiger partial charge in [-0.25, -0.2) is 9.97 Å². The monoisotopic (exact) mass is 532 g/mol. The summed E-state index contributed by atoms with van der Waals surface area (Å²) in [5.41, 5.74) is 3.12. The van der Waals surface area contributed by atoms with E-state index in [0.717, 1.165) is 66.0 Å². The van der Waals surface area contributed by atoms with Crippen LogP contribution in [-0.4, -0.2) is 48.5 Å². The largest absolute Gasteiger partial charge is 0.365 e. The second-order valence-corrected chi connectivity index (χ2v) is 11.2. The molecule has 1 aliphatic heterocycles. The first-order valence-electron chi connectivity index (χ1n) is 14.7. The molecule has 0 amide bonds. The molecule has 0 unspecified atom stereocenters. The summed E-state index contributed by atoms with van der Waals surface area (Å²) in [4.78, 5) is 22.0. The van der Waals surface area contributed by atoms with Gasteiger partial charge in [0.1, 0.15) is 5.82 Å². The molecular formula is C32H36N8. The number of piperidine rings is 1. The van der Waals surface area contributed by atoms with Crippen molar-refractivity contribution in [2.75, 3.05) is 23.7 Å². The van der Waals surface area contributed by atoms with Gasteiger partial charge in [-0.1, -0.05) is 73.9 Å². The summed E-state index contributed by atoms with van der Waals surface area (Å²) in [5.74, 6) is 2.13. The maximum atomic E-state index is 5.02. The predicted octanol–water partition coefficient (Wildman–Crippen LogP) is 6.70. The molecule has 0 atom stereocenters. The molecule has 8 nitrogen and oxygen atoms in total. The van der Waals surface area contributed by atoms with Crippen molar-refractivity contribution in [3.63, 3.8) is 0 Å². The Labute approximate surface area is 234 Å². The van der Waals surface area contributed by atoms with E-state index < -0.39 is 0 Å². The number of nitrogens with zero attached hydrogens (tertiary/aromatic N) is 6. The Morgan fingerprint density at radius 1 is 0.775 bits per heavy atom. The number of imidazole rings is 1. The molecule has 0 bridgehead atoms. The van der Waals surface area contributed by atoms with Crippen molar-refractivity contribution in [2.24, 2.45) is 0 Å². The number of hydrogen-bond donors (Lipinski definition) is 2. The van der Waals surface area contributed by atoms with E-state index in [0.29, 0.717) is 18.0 Å². The summed E-state index contributed by atoms with van der Waals surface area (Å²) in [6, 6.07) is 21.8. The van der Waals surface area contributed by atoms with Crippen LogP contribution in [-0.2, 0) is 6.54 Å². The summed E-state index contributed by atoms with van der Waals surface area (Å²) in [6.07, 6.45) is 12.1. The van der Waals surface area contributed by atoms with Crippen LogP contribution in [0, 0.1) is 0 Å². The average molecular weight is 533 g/mol. The number of anilines is 3. The lowest BCUT2D eigenvalue weighted by atomic mass is 9.95. The van der Waals surface area contributed by atoms with Gasteiger partial charge in [0.15, 0.2) is 17.0 Å². The number of benzene rings is 2. The van der Waals surface area contributed by atoms with Crippen molar-refractivity contribution in [3.8, 4) is 0 Å². The number of pyridine rings is 1. The van der Waals surface area contributed by atoms with E-state index in [4.69, 9.17) is 15.0 Å². The molecule has 2 aromatic carbocycles. The molecule has 2 aliphatic rings. The van der Waals surface area contributed by atoms with Gasteiger partial charge in [-0.15, -0.1) is 0 Å². The van der Waals surface area contributed by atoms with Crippen LogP contribution in [0.4, 0.5) is 17.6 Å². The smallest absolute Gasteiger partial charge is 0.232 e. The minimum Gasteiger partial charge on any atom is -0.365 e. The zero-order valence-corrected chi connectivity index (χ0v) is 22.8. The van der Waals surface area contributed by atoms with Crippen molar-refractivity contribution in [1.82, 2.24) is 29.4 Å². The maximum Gasteiger partial charge on any atom is 0.232 e. The summed E-state index contributed by atoms with van der Waals surface area (Å²) < 4.78 is 2.28. The number of likely N-dealkylation sites (tertiary alicyclic amines) is 1. The number of fused-ring (bicyclic) bond motifs is 2. The molecule has 0 radical (unpaired) electrons. The highest BCUT2D eigenvalue weighted by molar-refractivity contribution is 5.93. The normalized spacial score (nSPS) is 17.4. The van der Waals surface area contributed by atoms with Crippen LogP contribution >= 0.6 is 0 Å². The van der Waals surface area contributed by atoms with Crippen LogP contribution in [0.2, 0.25) is 0 Å². The minimum absolute atomic E-state index is 0.341. The highest BCUT2D eigenvalue weighted by Gasteiger charge is 2.24. The van der Waals surface area contributed by atoms with Gasteiger partial charge < -0.3 is 15.2 Å². The van der Waals surface area contributed by atoms with E-state index in [1.165, 1.54) is 37.7 Å². The van der Waals surface area contributed by atoms with Crippen LogP contribution in [0.25, 0.3) is 21.9 Å². The Kier molecular flexibility index (Phi) is 7.00. The Morgan fingerprint density at radius 2 is 1.57 bits per heavy atom. The van der Waals surface area contributed by atoms with Crippen molar-refractivity contribution in [2.45, 2.75) is 63.6 Å². The first-order chi connectivity index (χ1) is 19.8. The first kappa shape index (κ1) is 25.0. The van der Waals surface area contributed by atoms with Gasteiger partial charge in [-0.2, -0.15) is 9.97 Å². The number of nitrogens with one attached hydrogen (secondary N) is 2. The van der Waals surface area contributed by atoms with Gasteiger partial charge in [-0.05, 0) is 42.7 Å². The molecule has 4 heterocycles. The highest BCUT2D eigenvalue weighted by atomic mass is 15.2. The second kappa shape index (κ2) is 11.2. The third-order valence-electron chi connectivity index (χ3n) is 8.47. The molecule has 5 aromatic rings. The lowest BCUT2D eigenvalue weighted by molar-refractivity contribution is 0.211. The topological polar surface area (TPSA) is 83.8 Å². The molecule has 3 aromatic heterocycles.